The van der Waals surface area contributed by atoms with Gasteiger partial charge in [-0.1, -0.05) is 12.1 Å². The number of nitrogens with one attached hydrogen (secondary N) is 2. The number of fused-ring (bicyclic) bond motifs is 1. The Balaban J connectivity index is 1.55. The Kier molecular flexibility index (Phi) is 3.70. The van der Waals surface area contributed by atoms with Gasteiger partial charge >= 0.3 is 0 Å². The molecular weight excluding hydrogens is 338 g/mol. The molecule has 3 N–H and O–H groups in total. The monoisotopic (exact) mass is 351 g/mol. The molecule has 0 aliphatic rings. The van der Waals surface area contributed by atoms with E-state index in [4.69, 9.17) is 0 Å². The van der Waals surface area contributed by atoms with Gasteiger partial charge in [0.15, 0.2) is 0 Å². The average molecular weight is 351 g/mol. The van der Waals surface area contributed by atoms with Gasteiger partial charge in [-0.3, -0.25) is 9.59 Å². The first kappa shape index (κ1) is 15.3. The minimum Gasteiger partial charge on any atom is -0.508 e. The van der Waals surface area contributed by atoms with Gasteiger partial charge in [0.1, 0.15) is 17.1 Å². The van der Waals surface area contributed by atoms with Crippen LogP contribution in [0.4, 0.5) is 17.1 Å². The van der Waals surface area contributed by atoms with Gasteiger partial charge in [-0.2, -0.15) is 0 Å². The van der Waals surface area contributed by atoms with Crippen LogP contribution in [0.25, 0.3) is 10.2 Å². The summed E-state index contributed by atoms with van der Waals surface area (Å²) in [4.78, 5) is 28.0. The van der Waals surface area contributed by atoms with Gasteiger partial charge in [0, 0.05) is 12.2 Å². The molecule has 6 nitrogen and oxygen atoms in total. The van der Waals surface area contributed by atoms with Crippen LogP contribution in [0.15, 0.2) is 57.6 Å². The number of benzene rings is 2. The number of nitrogens with zero attached hydrogens (tertiary/aromatic N) is 1. The molecule has 0 saturated heterocycles. The minimum absolute atomic E-state index is 0.153. The third kappa shape index (κ3) is 2.85. The van der Waals surface area contributed by atoms with E-state index < -0.39 is 10.9 Å². The van der Waals surface area contributed by atoms with Gasteiger partial charge < -0.3 is 15.7 Å². The first-order chi connectivity index (χ1) is 12.1. The molecule has 0 aliphatic carbocycles. The summed E-state index contributed by atoms with van der Waals surface area (Å²) in [6, 6.07) is 12.3. The number of thiazole rings is 1. The fourth-order valence-electron chi connectivity index (χ4n) is 2.61. The lowest BCUT2D eigenvalue weighted by molar-refractivity contribution is 0.474. The summed E-state index contributed by atoms with van der Waals surface area (Å²) in [7, 11) is 0. The quantitative estimate of drug-likeness (QED) is 0.479. The highest BCUT2D eigenvalue weighted by Gasteiger charge is 2.21. The molecule has 25 heavy (non-hydrogen) atoms. The summed E-state index contributed by atoms with van der Waals surface area (Å²) in [5.74, 6) is 0.153. The van der Waals surface area contributed by atoms with Crippen molar-refractivity contribution in [2.75, 3.05) is 10.6 Å². The molecule has 0 saturated carbocycles. The first-order valence-corrected chi connectivity index (χ1v) is 8.45. The number of anilines is 3. The summed E-state index contributed by atoms with van der Waals surface area (Å²) < 4.78 is 0.998. The summed E-state index contributed by atoms with van der Waals surface area (Å²) in [5, 5.41) is 15.5. The molecule has 0 bridgehead atoms. The minimum atomic E-state index is -0.540. The molecule has 0 spiro atoms. The summed E-state index contributed by atoms with van der Waals surface area (Å²) in [6.45, 7) is 0.335. The number of phenols is 1. The van der Waals surface area contributed by atoms with Crippen molar-refractivity contribution in [3.8, 4) is 5.75 Å². The lowest BCUT2D eigenvalue weighted by atomic mass is 10.1. The second-order valence-corrected chi connectivity index (χ2v) is 6.48. The molecule has 7 heteroatoms. The largest absolute Gasteiger partial charge is 0.508 e. The second kappa shape index (κ2) is 6.03. The van der Waals surface area contributed by atoms with Crippen LogP contribution in [0.3, 0.4) is 0 Å². The molecule has 1 aromatic heterocycles. The van der Waals surface area contributed by atoms with Crippen molar-refractivity contribution < 1.29 is 5.11 Å². The molecule has 0 amide bonds. The van der Waals surface area contributed by atoms with Crippen molar-refractivity contribution in [3.05, 3.63) is 74.0 Å². The van der Waals surface area contributed by atoms with Crippen molar-refractivity contribution in [2.24, 2.45) is 0 Å². The third-order valence-corrected chi connectivity index (χ3v) is 4.68. The molecule has 0 atom stereocenters. The number of aromatic nitrogens is 1. The van der Waals surface area contributed by atoms with Crippen molar-refractivity contribution in [1.29, 1.82) is 0 Å². The molecule has 124 valence electrons. The second-order valence-electron chi connectivity index (χ2n) is 5.59. The van der Waals surface area contributed by atoms with Crippen LogP contribution >= 0.6 is 11.3 Å². The van der Waals surface area contributed by atoms with Gasteiger partial charge in [0.05, 0.1) is 15.7 Å². The summed E-state index contributed by atoms with van der Waals surface area (Å²) >= 11 is 1.51. The van der Waals surface area contributed by atoms with E-state index in [1.54, 1.807) is 23.7 Å². The summed E-state index contributed by atoms with van der Waals surface area (Å²) in [5.41, 5.74) is 3.63. The average Bonchev–Trinajstić information content (AvgIpc) is 3.08. The van der Waals surface area contributed by atoms with E-state index in [2.05, 4.69) is 15.6 Å². The van der Waals surface area contributed by atoms with E-state index in [0.29, 0.717) is 6.54 Å². The van der Waals surface area contributed by atoms with E-state index in [1.165, 1.54) is 11.3 Å². The van der Waals surface area contributed by atoms with Crippen LogP contribution < -0.4 is 21.5 Å². The molecule has 0 unspecified atom stereocenters. The zero-order chi connectivity index (χ0) is 17.4. The van der Waals surface area contributed by atoms with Gasteiger partial charge in [-0.15, -0.1) is 11.3 Å². The van der Waals surface area contributed by atoms with Crippen LogP contribution in [-0.4, -0.2) is 10.1 Å². The Bertz CT molecular complexity index is 1140. The fraction of sp³-hybridized carbons (Fsp3) is 0.0556. The van der Waals surface area contributed by atoms with Crippen LogP contribution in [0.5, 0.6) is 5.75 Å². The molecule has 3 aromatic carbocycles. The molecule has 4 aromatic rings. The zero-order valence-electron chi connectivity index (χ0n) is 12.9. The van der Waals surface area contributed by atoms with Gasteiger partial charge in [0.25, 0.3) is 10.9 Å². The van der Waals surface area contributed by atoms with Gasteiger partial charge in [0.2, 0.25) is 0 Å². The van der Waals surface area contributed by atoms with E-state index in [1.807, 2.05) is 24.3 Å². The highest BCUT2D eigenvalue weighted by atomic mass is 32.1. The Morgan fingerprint density at radius 1 is 1.04 bits per heavy atom. The van der Waals surface area contributed by atoms with Crippen molar-refractivity contribution in [1.82, 2.24) is 4.98 Å². The van der Waals surface area contributed by atoms with E-state index in [-0.39, 0.29) is 17.1 Å². The van der Waals surface area contributed by atoms with Crippen molar-refractivity contribution in [2.45, 2.75) is 6.54 Å². The molecule has 1 heterocycles. The smallest absolute Gasteiger partial charge is 0.253 e. The highest BCUT2D eigenvalue weighted by Crippen LogP contribution is 2.26. The third-order valence-electron chi connectivity index (χ3n) is 3.89. The van der Waals surface area contributed by atoms with Crippen molar-refractivity contribution in [3.63, 3.8) is 0 Å². The number of phenolic OH excluding ortho intramolecular Hbond substituents is 1. The maximum absolute atomic E-state index is 11.9. The van der Waals surface area contributed by atoms with Gasteiger partial charge in [-0.25, -0.2) is 4.98 Å². The number of hydrogen-bond donors (Lipinski definition) is 3. The van der Waals surface area contributed by atoms with E-state index in [0.717, 1.165) is 21.5 Å². The van der Waals surface area contributed by atoms with E-state index in [9.17, 15) is 14.7 Å². The summed E-state index contributed by atoms with van der Waals surface area (Å²) in [6.07, 6.45) is 0. The normalized spacial score (nSPS) is 11.0. The standard InChI is InChI=1S/C18H13N3O3S/c22-12-3-1-2-10(6-12)8-19-15-16(18(24)17(15)23)21-11-4-5-13-14(7-11)25-9-20-13/h1-7,9,19,21-22H,8H2. The van der Waals surface area contributed by atoms with Crippen LogP contribution in [0, 0.1) is 0 Å². The molecule has 4 rings (SSSR count). The van der Waals surface area contributed by atoms with Crippen LogP contribution in [-0.2, 0) is 6.54 Å². The molecule has 0 fully saturated rings. The zero-order valence-corrected chi connectivity index (χ0v) is 13.8. The van der Waals surface area contributed by atoms with Crippen LogP contribution in [0.2, 0.25) is 0 Å². The van der Waals surface area contributed by atoms with Crippen molar-refractivity contribution >= 4 is 38.6 Å². The van der Waals surface area contributed by atoms with E-state index >= 15 is 0 Å². The Labute approximate surface area is 146 Å². The SMILES string of the molecule is O=c1c(NCc2cccc(O)c2)c(Nc2ccc3ncsc3c2)c1=O. The Hall–Kier alpha value is -3.19. The number of hydrogen-bond acceptors (Lipinski definition) is 7. The Morgan fingerprint density at radius 3 is 2.72 bits per heavy atom. The van der Waals surface area contributed by atoms with Gasteiger partial charge in [-0.05, 0) is 35.9 Å². The first-order valence-electron chi connectivity index (χ1n) is 7.57. The maximum Gasteiger partial charge on any atom is 0.253 e. The lowest BCUT2D eigenvalue weighted by Crippen LogP contribution is -2.36. The highest BCUT2D eigenvalue weighted by molar-refractivity contribution is 7.16. The lowest BCUT2D eigenvalue weighted by Gasteiger charge is -2.15. The number of rotatable bonds is 5. The molecular formula is C18H13N3O3S. The predicted octanol–water partition coefficient (Wildman–Crippen LogP) is 2.95. The van der Waals surface area contributed by atoms with Crippen LogP contribution in [0.1, 0.15) is 5.56 Å². The Morgan fingerprint density at radius 2 is 1.88 bits per heavy atom. The molecule has 0 radical (unpaired) electrons. The topological polar surface area (TPSA) is 91.3 Å². The maximum atomic E-state index is 11.9. The number of aromatic hydroxyl groups is 1. The predicted molar refractivity (Wildman–Crippen MR) is 99.7 cm³/mol. The fourth-order valence-corrected chi connectivity index (χ4v) is 3.33. The molecule has 0 aliphatic heterocycles.